The van der Waals surface area contributed by atoms with Crippen molar-refractivity contribution in [2.45, 2.75) is 19.3 Å². The fourth-order valence-electron chi connectivity index (χ4n) is 1.49. The molecular weight excluding hydrogens is 212 g/mol. The summed E-state index contributed by atoms with van der Waals surface area (Å²) in [6.07, 6.45) is 0.371. The van der Waals surface area contributed by atoms with Crippen LogP contribution in [0.3, 0.4) is 0 Å². The molecule has 0 radical (unpaired) electrons. The molecular formula is C10H12N2O4. The predicted octanol–water partition coefficient (Wildman–Crippen LogP) is 1.76. The van der Waals surface area contributed by atoms with Crippen LogP contribution in [0, 0.1) is 10.1 Å². The maximum Gasteiger partial charge on any atom is 0.310 e. The summed E-state index contributed by atoms with van der Waals surface area (Å²) in [6, 6.07) is 4.08. The maximum atomic E-state index is 10.9. The topological polar surface area (TPSA) is 106 Å². The summed E-state index contributed by atoms with van der Waals surface area (Å²) < 4.78 is 0. The Hall–Kier alpha value is -2.11. The summed E-state index contributed by atoms with van der Waals surface area (Å²) in [5.74, 6) is -1.74. The number of anilines is 1. The molecule has 0 aliphatic heterocycles. The third-order valence-corrected chi connectivity index (χ3v) is 2.36. The second-order valence-corrected chi connectivity index (χ2v) is 3.37. The summed E-state index contributed by atoms with van der Waals surface area (Å²) in [4.78, 5) is 20.9. The molecule has 6 heteroatoms. The number of carbonyl (C=O) groups is 1. The molecule has 86 valence electrons. The number of nitro groups is 1. The number of hydrogen-bond donors (Lipinski definition) is 2. The van der Waals surface area contributed by atoms with E-state index in [1.807, 2.05) is 0 Å². The molecule has 16 heavy (non-hydrogen) atoms. The first-order chi connectivity index (χ1) is 7.47. The molecule has 0 heterocycles. The van der Waals surface area contributed by atoms with Gasteiger partial charge in [-0.05, 0) is 18.1 Å². The van der Waals surface area contributed by atoms with Crippen molar-refractivity contribution >= 4 is 17.3 Å². The van der Waals surface area contributed by atoms with Crippen LogP contribution >= 0.6 is 0 Å². The fraction of sp³-hybridized carbons (Fsp3) is 0.300. The lowest BCUT2D eigenvalue weighted by Gasteiger charge is -2.10. The van der Waals surface area contributed by atoms with E-state index in [0.717, 1.165) is 0 Å². The number of hydrogen-bond acceptors (Lipinski definition) is 4. The lowest BCUT2D eigenvalue weighted by Crippen LogP contribution is -2.11. The first kappa shape index (κ1) is 12.0. The Morgan fingerprint density at radius 2 is 2.25 bits per heavy atom. The molecule has 0 saturated heterocycles. The molecule has 1 atom stereocenters. The van der Waals surface area contributed by atoms with Crippen molar-refractivity contribution in [3.05, 3.63) is 33.9 Å². The Morgan fingerprint density at radius 3 is 2.69 bits per heavy atom. The number of nitro benzene ring substituents is 1. The van der Waals surface area contributed by atoms with Gasteiger partial charge >= 0.3 is 5.97 Å². The SMILES string of the molecule is CC[C@@H](C(=O)O)c1ccc(N)c([N+](=O)[O-])c1. The summed E-state index contributed by atoms with van der Waals surface area (Å²) in [7, 11) is 0. The van der Waals surface area contributed by atoms with E-state index in [1.165, 1.54) is 18.2 Å². The van der Waals surface area contributed by atoms with Crippen LogP contribution < -0.4 is 5.73 Å². The van der Waals surface area contributed by atoms with Gasteiger partial charge in [0.15, 0.2) is 0 Å². The predicted molar refractivity (Wildman–Crippen MR) is 58.2 cm³/mol. The minimum Gasteiger partial charge on any atom is -0.481 e. The number of carboxylic acids is 1. The van der Waals surface area contributed by atoms with Crippen molar-refractivity contribution in [2.24, 2.45) is 0 Å². The van der Waals surface area contributed by atoms with Crippen LogP contribution in [0.2, 0.25) is 0 Å². The summed E-state index contributed by atoms with van der Waals surface area (Å²) >= 11 is 0. The number of nitrogens with zero attached hydrogens (tertiary/aromatic N) is 1. The van der Waals surface area contributed by atoms with Gasteiger partial charge in [-0.15, -0.1) is 0 Å². The zero-order valence-electron chi connectivity index (χ0n) is 8.71. The molecule has 6 nitrogen and oxygen atoms in total. The minimum absolute atomic E-state index is 0.0361. The second kappa shape index (κ2) is 4.61. The monoisotopic (exact) mass is 224 g/mol. The van der Waals surface area contributed by atoms with Gasteiger partial charge in [0.25, 0.3) is 5.69 Å². The number of nitrogen functional groups attached to an aromatic ring is 1. The van der Waals surface area contributed by atoms with E-state index in [2.05, 4.69) is 0 Å². The van der Waals surface area contributed by atoms with E-state index in [1.54, 1.807) is 6.92 Å². The van der Waals surface area contributed by atoms with E-state index in [-0.39, 0.29) is 11.4 Å². The Bertz CT molecular complexity index is 431. The molecule has 1 rings (SSSR count). The molecule has 0 fully saturated rings. The summed E-state index contributed by atoms with van der Waals surface area (Å²) in [5.41, 5.74) is 5.60. The molecule has 1 aromatic rings. The molecule has 0 spiro atoms. The van der Waals surface area contributed by atoms with Crippen molar-refractivity contribution in [1.29, 1.82) is 0 Å². The lowest BCUT2D eigenvalue weighted by molar-refractivity contribution is -0.384. The van der Waals surface area contributed by atoms with Gasteiger partial charge < -0.3 is 10.8 Å². The first-order valence-corrected chi connectivity index (χ1v) is 4.74. The highest BCUT2D eigenvalue weighted by Gasteiger charge is 2.21. The van der Waals surface area contributed by atoms with Crippen molar-refractivity contribution < 1.29 is 14.8 Å². The third kappa shape index (κ3) is 2.28. The molecule has 0 aromatic heterocycles. The zero-order chi connectivity index (χ0) is 12.3. The average molecular weight is 224 g/mol. The Morgan fingerprint density at radius 1 is 1.62 bits per heavy atom. The Kier molecular flexibility index (Phi) is 3.44. The number of carboxylic acid groups (broad SMARTS) is 1. The van der Waals surface area contributed by atoms with Crippen LogP contribution in [0.15, 0.2) is 18.2 Å². The standard InChI is InChI=1S/C10H12N2O4/c1-2-7(10(13)14)6-3-4-8(11)9(5-6)12(15)16/h3-5,7H,2,11H2,1H3,(H,13,14)/t7-/m1/s1. The Balaban J connectivity index is 3.21. The number of rotatable bonds is 4. The number of aliphatic carboxylic acids is 1. The van der Waals surface area contributed by atoms with Crippen LogP contribution in [0.1, 0.15) is 24.8 Å². The largest absolute Gasteiger partial charge is 0.481 e. The van der Waals surface area contributed by atoms with Gasteiger partial charge in [-0.2, -0.15) is 0 Å². The first-order valence-electron chi connectivity index (χ1n) is 4.74. The molecule has 0 aliphatic rings. The summed E-state index contributed by atoms with van der Waals surface area (Å²) in [5, 5.41) is 19.6. The average Bonchev–Trinajstić information content (AvgIpc) is 2.20. The normalized spacial score (nSPS) is 12.1. The second-order valence-electron chi connectivity index (χ2n) is 3.37. The Labute approximate surface area is 91.8 Å². The van der Waals surface area contributed by atoms with E-state index < -0.39 is 16.8 Å². The maximum absolute atomic E-state index is 10.9. The van der Waals surface area contributed by atoms with Crippen molar-refractivity contribution in [3.8, 4) is 0 Å². The van der Waals surface area contributed by atoms with Gasteiger partial charge in [0, 0.05) is 6.07 Å². The zero-order valence-corrected chi connectivity index (χ0v) is 8.71. The highest BCUT2D eigenvalue weighted by atomic mass is 16.6. The van der Waals surface area contributed by atoms with Crippen molar-refractivity contribution in [1.82, 2.24) is 0 Å². The quantitative estimate of drug-likeness (QED) is 0.460. The van der Waals surface area contributed by atoms with Crippen LogP contribution in [-0.4, -0.2) is 16.0 Å². The molecule has 0 saturated carbocycles. The molecule has 0 aliphatic carbocycles. The third-order valence-electron chi connectivity index (χ3n) is 2.36. The van der Waals surface area contributed by atoms with Crippen molar-refractivity contribution in [2.75, 3.05) is 5.73 Å². The smallest absolute Gasteiger partial charge is 0.310 e. The van der Waals surface area contributed by atoms with E-state index >= 15 is 0 Å². The van der Waals surface area contributed by atoms with Gasteiger partial charge in [-0.1, -0.05) is 13.0 Å². The van der Waals surface area contributed by atoms with Crippen LogP contribution in [0.5, 0.6) is 0 Å². The lowest BCUT2D eigenvalue weighted by atomic mass is 9.96. The highest BCUT2D eigenvalue weighted by molar-refractivity contribution is 5.77. The molecule has 3 N–H and O–H groups in total. The van der Waals surface area contributed by atoms with Gasteiger partial charge in [0.05, 0.1) is 10.8 Å². The molecule has 0 amide bonds. The van der Waals surface area contributed by atoms with Gasteiger partial charge in [0.1, 0.15) is 5.69 Å². The van der Waals surface area contributed by atoms with E-state index in [0.29, 0.717) is 12.0 Å². The van der Waals surface area contributed by atoms with Crippen molar-refractivity contribution in [3.63, 3.8) is 0 Å². The molecule has 1 aromatic carbocycles. The van der Waals surface area contributed by atoms with Gasteiger partial charge in [0.2, 0.25) is 0 Å². The van der Waals surface area contributed by atoms with E-state index in [9.17, 15) is 14.9 Å². The minimum atomic E-state index is -0.999. The highest BCUT2D eigenvalue weighted by Crippen LogP contribution is 2.28. The van der Waals surface area contributed by atoms with Gasteiger partial charge in [-0.3, -0.25) is 14.9 Å². The summed E-state index contributed by atoms with van der Waals surface area (Å²) in [6.45, 7) is 1.71. The number of benzene rings is 1. The van der Waals surface area contributed by atoms with E-state index in [4.69, 9.17) is 10.8 Å². The van der Waals surface area contributed by atoms with Crippen LogP contribution in [0.25, 0.3) is 0 Å². The van der Waals surface area contributed by atoms with Gasteiger partial charge in [-0.25, -0.2) is 0 Å². The van der Waals surface area contributed by atoms with Crippen LogP contribution in [0.4, 0.5) is 11.4 Å². The molecule has 0 unspecified atom stereocenters. The number of nitrogens with two attached hydrogens (primary N) is 1. The molecule has 0 bridgehead atoms. The fourth-order valence-corrected chi connectivity index (χ4v) is 1.49. The van der Waals surface area contributed by atoms with Crippen LogP contribution in [-0.2, 0) is 4.79 Å².